The van der Waals surface area contributed by atoms with Gasteiger partial charge in [0, 0.05) is 12.8 Å². The minimum Gasteiger partial charge on any atom is -0.465 e. The van der Waals surface area contributed by atoms with Gasteiger partial charge in [-0.25, -0.2) is 0 Å². The monoisotopic (exact) mass is 308 g/mol. The Balaban J connectivity index is 1.79. The molecule has 2 saturated heterocycles. The first kappa shape index (κ1) is 15.5. The summed E-state index contributed by atoms with van der Waals surface area (Å²) in [6.07, 6.45) is 5.80. The second kappa shape index (κ2) is 5.69. The molecule has 5 nitrogen and oxygen atoms in total. The molecule has 1 aliphatic carbocycles. The van der Waals surface area contributed by atoms with Gasteiger partial charge in [0.1, 0.15) is 18.8 Å². The van der Waals surface area contributed by atoms with E-state index in [2.05, 4.69) is 19.9 Å². The average Bonchev–Trinajstić information content (AvgIpc) is 3.00. The van der Waals surface area contributed by atoms with Crippen LogP contribution in [-0.4, -0.2) is 36.4 Å². The molecule has 0 aromatic heterocycles. The molecule has 5 atom stereocenters. The van der Waals surface area contributed by atoms with Crippen LogP contribution < -0.4 is 0 Å². The Bertz CT molecular complexity index is 511. The highest BCUT2D eigenvalue weighted by molar-refractivity contribution is 5.76. The molecule has 0 N–H and O–H groups in total. The van der Waals surface area contributed by atoms with Gasteiger partial charge in [0.25, 0.3) is 0 Å². The Labute approximate surface area is 131 Å². The van der Waals surface area contributed by atoms with Crippen LogP contribution in [0.4, 0.5) is 0 Å². The van der Waals surface area contributed by atoms with E-state index in [9.17, 15) is 9.59 Å². The van der Waals surface area contributed by atoms with Crippen molar-refractivity contribution in [1.29, 1.82) is 0 Å². The van der Waals surface area contributed by atoms with Crippen molar-refractivity contribution in [3.05, 3.63) is 11.6 Å². The van der Waals surface area contributed by atoms with Crippen molar-refractivity contribution in [3.8, 4) is 0 Å². The van der Waals surface area contributed by atoms with Gasteiger partial charge >= 0.3 is 11.9 Å². The van der Waals surface area contributed by atoms with E-state index in [1.54, 1.807) is 0 Å². The summed E-state index contributed by atoms with van der Waals surface area (Å²) in [6.45, 7) is 5.69. The van der Waals surface area contributed by atoms with Crippen LogP contribution in [0.2, 0.25) is 0 Å². The van der Waals surface area contributed by atoms with Crippen molar-refractivity contribution in [2.24, 2.45) is 11.8 Å². The molecule has 2 aliphatic heterocycles. The normalized spacial score (nSPS) is 40.9. The Morgan fingerprint density at radius 2 is 2.27 bits per heavy atom. The molecule has 3 rings (SSSR count). The fraction of sp³-hybridized carbons (Fsp3) is 0.765. The smallest absolute Gasteiger partial charge is 0.313 e. The van der Waals surface area contributed by atoms with Crippen molar-refractivity contribution in [1.82, 2.24) is 0 Å². The number of esters is 2. The zero-order chi connectivity index (χ0) is 15.9. The number of hydrogen-bond donors (Lipinski definition) is 0. The molecular weight excluding hydrogens is 284 g/mol. The second-order valence-electron chi connectivity index (χ2n) is 6.95. The highest BCUT2D eigenvalue weighted by Gasteiger charge is 2.62. The predicted octanol–water partition coefficient (Wildman–Crippen LogP) is 2.39. The zero-order valence-corrected chi connectivity index (χ0v) is 13.5. The number of epoxide rings is 1. The molecule has 0 amide bonds. The van der Waals surface area contributed by atoms with Gasteiger partial charge in [-0.3, -0.25) is 9.59 Å². The molecule has 0 bridgehead atoms. The lowest BCUT2D eigenvalue weighted by atomic mass is 9.81. The Kier molecular flexibility index (Phi) is 4.02. The summed E-state index contributed by atoms with van der Waals surface area (Å²) in [5.74, 6) is -0.926. The molecule has 22 heavy (non-hydrogen) atoms. The third-order valence-corrected chi connectivity index (χ3v) is 5.20. The maximum atomic E-state index is 12.2. The molecule has 0 spiro atoms. The molecule has 0 aromatic rings. The summed E-state index contributed by atoms with van der Waals surface area (Å²) >= 11 is 0. The van der Waals surface area contributed by atoms with E-state index in [1.807, 2.05) is 0 Å². The molecule has 0 radical (unpaired) electrons. The summed E-state index contributed by atoms with van der Waals surface area (Å²) in [7, 11) is 0. The Morgan fingerprint density at radius 1 is 1.50 bits per heavy atom. The van der Waals surface area contributed by atoms with E-state index in [0.29, 0.717) is 0 Å². The van der Waals surface area contributed by atoms with Gasteiger partial charge < -0.3 is 14.2 Å². The summed E-state index contributed by atoms with van der Waals surface area (Å²) in [6, 6.07) is 0. The summed E-state index contributed by atoms with van der Waals surface area (Å²) in [5.41, 5.74) is 1.15. The third-order valence-electron chi connectivity index (χ3n) is 5.20. The van der Waals surface area contributed by atoms with Gasteiger partial charge in [-0.2, -0.15) is 0 Å². The SMILES string of the molecule is CC(=O)OCC1C(=O)OC2C3O[C@]3(C)CCC=C(C)CC[C@@H]12. The third kappa shape index (κ3) is 2.91. The van der Waals surface area contributed by atoms with E-state index in [4.69, 9.17) is 14.2 Å². The maximum Gasteiger partial charge on any atom is 0.313 e. The Hall–Kier alpha value is -1.36. The van der Waals surface area contributed by atoms with Gasteiger partial charge in [-0.15, -0.1) is 0 Å². The topological polar surface area (TPSA) is 65.1 Å². The van der Waals surface area contributed by atoms with Gasteiger partial charge in [-0.1, -0.05) is 11.6 Å². The number of hydrogen-bond acceptors (Lipinski definition) is 5. The maximum absolute atomic E-state index is 12.2. The van der Waals surface area contributed by atoms with E-state index < -0.39 is 0 Å². The van der Waals surface area contributed by atoms with Crippen LogP contribution >= 0.6 is 0 Å². The highest BCUT2D eigenvalue weighted by atomic mass is 16.6. The summed E-state index contributed by atoms with van der Waals surface area (Å²) in [5, 5.41) is 0. The van der Waals surface area contributed by atoms with E-state index in [-0.39, 0.29) is 48.2 Å². The number of rotatable bonds is 2. The average molecular weight is 308 g/mol. The standard InChI is InChI=1S/C17H24O5/c1-10-5-4-8-17(3)15(22-17)14-12(7-6-10)13(16(19)21-14)9-20-11(2)18/h5,12-15H,4,6-9H2,1-3H3/t12-,13?,14?,15?,17+/m0/s1. The van der Waals surface area contributed by atoms with Crippen molar-refractivity contribution >= 4 is 11.9 Å². The first-order valence-corrected chi connectivity index (χ1v) is 8.08. The van der Waals surface area contributed by atoms with Crippen LogP contribution in [0.25, 0.3) is 0 Å². The lowest BCUT2D eigenvalue weighted by Gasteiger charge is -2.21. The van der Waals surface area contributed by atoms with Crippen LogP contribution in [0.15, 0.2) is 11.6 Å². The molecule has 5 heteroatoms. The highest BCUT2D eigenvalue weighted by Crippen LogP contribution is 2.50. The van der Waals surface area contributed by atoms with Crippen LogP contribution in [-0.2, 0) is 23.8 Å². The van der Waals surface area contributed by atoms with E-state index in [0.717, 1.165) is 25.7 Å². The van der Waals surface area contributed by atoms with Crippen molar-refractivity contribution < 1.29 is 23.8 Å². The number of carbonyl (C=O) groups is 2. The van der Waals surface area contributed by atoms with Gasteiger partial charge in [0.05, 0.1) is 11.5 Å². The quantitative estimate of drug-likeness (QED) is 0.445. The van der Waals surface area contributed by atoms with Crippen molar-refractivity contribution in [2.75, 3.05) is 6.61 Å². The minimum atomic E-state index is -0.366. The van der Waals surface area contributed by atoms with Crippen LogP contribution in [0.3, 0.4) is 0 Å². The molecule has 0 saturated carbocycles. The number of allylic oxidation sites excluding steroid dienone is 2. The molecule has 122 valence electrons. The largest absolute Gasteiger partial charge is 0.465 e. The number of fused-ring (bicyclic) bond motifs is 3. The van der Waals surface area contributed by atoms with Gasteiger partial charge in [0.2, 0.25) is 0 Å². The van der Waals surface area contributed by atoms with E-state index in [1.165, 1.54) is 12.5 Å². The minimum absolute atomic E-state index is 0.0180. The Morgan fingerprint density at radius 3 is 3.00 bits per heavy atom. The fourth-order valence-corrected chi connectivity index (χ4v) is 3.74. The summed E-state index contributed by atoms with van der Waals surface area (Å²) < 4.78 is 16.6. The second-order valence-corrected chi connectivity index (χ2v) is 6.95. The first-order valence-electron chi connectivity index (χ1n) is 8.08. The van der Waals surface area contributed by atoms with Gasteiger partial charge in [-0.05, 0) is 39.5 Å². The van der Waals surface area contributed by atoms with Crippen molar-refractivity contribution in [2.45, 2.75) is 64.3 Å². The first-order chi connectivity index (χ1) is 10.4. The van der Waals surface area contributed by atoms with Crippen LogP contribution in [0.5, 0.6) is 0 Å². The lowest BCUT2D eigenvalue weighted by molar-refractivity contribution is -0.149. The molecule has 2 heterocycles. The van der Waals surface area contributed by atoms with Crippen LogP contribution in [0.1, 0.15) is 46.5 Å². The molecule has 2 fully saturated rings. The number of carbonyl (C=O) groups excluding carboxylic acids is 2. The fourth-order valence-electron chi connectivity index (χ4n) is 3.74. The summed E-state index contributed by atoms with van der Waals surface area (Å²) in [4.78, 5) is 23.3. The molecule has 0 aromatic carbocycles. The van der Waals surface area contributed by atoms with Crippen LogP contribution in [0, 0.1) is 11.8 Å². The van der Waals surface area contributed by atoms with Gasteiger partial charge in [0.15, 0.2) is 0 Å². The predicted molar refractivity (Wildman–Crippen MR) is 79.0 cm³/mol. The zero-order valence-electron chi connectivity index (χ0n) is 13.5. The molecule has 3 unspecified atom stereocenters. The van der Waals surface area contributed by atoms with Crippen molar-refractivity contribution in [3.63, 3.8) is 0 Å². The molecular formula is C17H24O5. The molecule has 3 aliphatic rings. The van der Waals surface area contributed by atoms with E-state index >= 15 is 0 Å². The number of ether oxygens (including phenoxy) is 3. The lowest BCUT2D eigenvalue weighted by Crippen LogP contribution is -2.31.